The van der Waals surface area contributed by atoms with E-state index >= 15 is 0 Å². The van der Waals surface area contributed by atoms with E-state index in [0.717, 1.165) is 24.5 Å². The van der Waals surface area contributed by atoms with Gasteiger partial charge in [-0.2, -0.15) is 4.98 Å². The van der Waals surface area contributed by atoms with Crippen LogP contribution in [-0.2, 0) is 6.54 Å². The lowest BCUT2D eigenvalue weighted by molar-refractivity contribution is 0.758. The molecule has 0 aliphatic rings. The van der Waals surface area contributed by atoms with Crippen LogP contribution >= 0.6 is 0 Å². The second-order valence-electron chi connectivity index (χ2n) is 5.51. The van der Waals surface area contributed by atoms with Gasteiger partial charge in [0.25, 0.3) is 0 Å². The molecule has 4 heteroatoms. The molecule has 112 valence electrons. The molecule has 1 aromatic heterocycles. The minimum Gasteiger partial charge on any atom is -0.367 e. The molecular weight excluding hydrogens is 260 g/mol. The first-order chi connectivity index (χ1) is 10.1. The van der Waals surface area contributed by atoms with Crippen LogP contribution in [0.25, 0.3) is 0 Å². The summed E-state index contributed by atoms with van der Waals surface area (Å²) in [5.41, 5.74) is 3.46. The number of benzene rings is 1. The summed E-state index contributed by atoms with van der Waals surface area (Å²) in [7, 11) is 0. The van der Waals surface area contributed by atoms with Crippen molar-refractivity contribution in [3.8, 4) is 0 Å². The second-order valence-corrected chi connectivity index (χ2v) is 5.51. The Morgan fingerprint density at radius 1 is 1.14 bits per heavy atom. The number of anilines is 2. The maximum absolute atomic E-state index is 4.53. The number of hydrogen-bond donors (Lipinski definition) is 2. The van der Waals surface area contributed by atoms with Gasteiger partial charge in [0, 0.05) is 24.3 Å². The van der Waals surface area contributed by atoms with Crippen LogP contribution in [0, 0.1) is 13.8 Å². The molecule has 0 aliphatic heterocycles. The van der Waals surface area contributed by atoms with Gasteiger partial charge in [-0.1, -0.05) is 36.8 Å². The normalized spacial score (nSPS) is 12.0. The first-order valence-electron chi connectivity index (χ1n) is 7.48. The molecule has 21 heavy (non-hydrogen) atoms. The Hall–Kier alpha value is -2.10. The Labute approximate surface area is 127 Å². The minimum atomic E-state index is 0.406. The Morgan fingerprint density at radius 3 is 2.67 bits per heavy atom. The highest BCUT2D eigenvalue weighted by Gasteiger charge is 2.05. The quantitative estimate of drug-likeness (QED) is 0.844. The molecule has 0 radical (unpaired) electrons. The highest BCUT2D eigenvalue weighted by Crippen LogP contribution is 2.13. The molecule has 0 saturated carbocycles. The third-order valence-corrected chi connectivity index (χ3v) is 3.39. The largest absolute Gasteiger partial charge is 0.367 e. The zero-order valence-corrected chi connectivity index (χ0v) is 13.3. The van der Waals surface area contributed by atoms with E-state index in [-0.39, 0.29) is 0 Å². The maximum atomic E-state index is 4.53. The number of nitrogens with one attached hydrogen (secondary N) is 2. The summed E-state index contributed by atoms with van der Waals surface area (Å²) in [6.07, 6.45) is 1.06. The maximum Gasteiger partial charge on any atom is 0.225 e. The predicted octanol–water partition coefficient (Wildman–Crippen LogP) is 3.92. The van der Waals surface area contributed by atoms with Crippen LogP contribution in [-0.4, -0.2) is 16.0 Å². The van der Waals surface area contributed by atoms with Crippen LogP contribution in [0.5, 0.6) is 0 Å². The molecule has 0 bridgehead atoms. The Kier molecular flexibility index (Phi) is 5.14. The molecule has 2 rings (SSSR count). The average molecular weight is 284 g/mol. The first kappa shape index (κ1) is 15.3. The van der Waals surface area contributed by atoms with Gasteiger partial charge in [-0.25, -0.2) is 4.98 Å². The number of nitrogens with zero attached hydrogens (tertiary/aromatic N) is 2. The molecule has 2 aromatic rings. The van der Waals surface area contributed by atoms with Crippen molar-refractivity contribution < 1.29 is 0 Å². The molecule has 1 atom stereocenters. The van der Waals surface area contributed by atoms with Crippen LogP contribution in [0.4, 0.5) is 11.8 Å². The van der Waals surface area contributed by atoms with Crippen molar-refractivity contribution in [3.63, 3.8) is 0 Å². The molecule has 0 fully saturated rings. The summed E-state index contributed by atoms with van der Waals surface area (Å²) in [4.78, 5) is 8.97. The lowest BCUT2D eigenvalue weighted by Gasteiger charge is -2.14. The standard InChI is InChI=1S/C17H24N4/c1-5-13(3)19-16-10-14(4)20-17(21-16)18-11-15-8-6-7-12(2)9-15/h6-10,13H,5,11H2,1-4H3,(H2,18,19,20,21). The van der Waals surface area contributed by atoms with Crippen molar-refractivity contribution in [2.75, 3.05) is 10.6 Å². The second kappa shape index (κ2) is 7.07. The van der Waals surface area contributed by atoms with E-state index in [1.165, 1.54) is 11.1 Å². The molecule has 2 N–H and O–H groups in total. The van der Waals surface area contributed by atoms with Gasteiger partial charge >= 0.3 is 0 Å². The van der Waals surface area contributed by atoms with E-state index in [9.17, 15) is 0 Å². The zero-order chi connectivity index (χ0) is 15.2. The van der Waals surface area contributed by atoms with Crippen molar-refractivity contribution >= 4 is 11.8 Å². The van der Waals surface area contributed by atoms with Crippen LogP contribution in [0.2, 0.25) is 0 Å². The SMILES string of the molecule is CCC(C)Nc1cc(C)nc(NCc2cccc(C)c2)n1. The molecule has 4 nitrogen and oxygen atoms in total. The summed E-state index contributed by atoms with van der Waals surface area (Å²) in [6, 6.07) is 10.8. The lowest BCUT2D eigenvalue weighted by atomic mass is 10.1. The van der Waals surface area contributed by atoms with Gasteiger partial charge in [-0.05, 0) is 32.8 Å². The third-order valence-electron chi connectivity index (χ3n) is 3.39. The minimum absolute atomic E-state index is 0.406. The van der Waals surface area contributed by atoms with Crippen LogP contribution in [0.1, 0.15) is 37.1 Å². The van der Waals surface area contributed by atoms with Crippen LogP contribution in [0.3, 0.4) is 0 Å². The summed E-state index contributed by atoms with van der Waals surface area (Å²) in [5, 5.41) is 6.69. The monoisotopic (exact) mass is 284 g/mol. The van der Waals surface area contributed by atoms with Gasteiger partial charge in [-0.3, -0.25) is 0 Å². The van der Waals surface area contributed by atoms with Crippen molar-refractivity contribution in [1.29, 1.82) is 0 Å². The Bertz CT molecular complexity index is 595. The molecule has 0 saturated heterocycles. The topological polar surface area (TPSA) is 49.8 Å². The van der Waals surface area contributed by atoms with Crippen molar-refractivity contribution in [3.05, 3.63) is 47.2 Å². The lowest BCUT2D eigenvalue weighted by Crippen LogP contribution is -2.15. The fourth-order valence-electron chi connectivity index (χ4n) is 2.08. The Balaban J connectivity index is 2.06. The van der Waals surface area contributed by atoms with E-state index in [0.29, 0.717) is 12.0 Å². The van der Waals surface area contributed by atoms with Gasteiger partial charge in [-0.15, -0.1) is 0 Å². The smallest absolute Gasteiger partial charge is 0.225 e. The predicted molar refractivity (Wildman–Crippen MR) is 88.7 cm³/mol. The van der Waals surface area contributed by atoms with Gasteiger partial charge in [0.15, 0.2) is 0 Å². The number of aromatic nitrogens is 2. The van der Waals surface area contributed by atoms with Crippen molar-refractivity contribution in [2.45, 2.75) is 46.7 Å². The average Bonchev–Trinajstić information content (AvgIpc) is 2.44. The zero-order valence-electron chi connectivity index (χ0n) is 13.3. The molecule has 0 amide bonds. The van der Waals surface area contributed by atoms with Gasteiger partial charge in [0.1, 0.15) is 5.82 Å². The summed E-state index contributed by atoms with van der Waals surface area (Å²) in [5.74, 6) is 1.55. The van der Waals surface area contributed by atoms with Gasteiger partial charge < -0.3 is 10.6 Å². The van der Waals surface area contributed by atoms with Gasteiger partial charge in [0.2, 0.25) is 5.95 Å². The fourth-order valence-corrected chi connectivity index (χ4v) is 2.08. The van der Waals surface area contributed by atoms with E-state index in [1.807, 2.05) is 13.0 Å². The van der Waals surface area contributed by atoms with Crippen molar-refractivity contribution in [2.24, 2.45) is 0 Å². The highest BCUT2D eigenvalue weighted by molar-refractivity contribution is 5.43. The number of aryl methyl sites for hydroxylation is 2. The number of hydrogen-bond acceptors (Lipinski definition) is 4. The summed E-state index contributed by atoms with van der Waals surface area (Å²) >= 11 is 0. The van der Waals surface area contributed by atoms with E-state index < -0.39 is 0 Å². The first-order valence-corrected chi connectivity index (χ1v) is 7.48. The van der Waals surface area contributed by atoms with Crippen molar-refractivity contribution in [1.82, 2.24) is 9.97 Å². The highest BCUT2D eigenvalue weighted by atomic mass is 15.1. The van der Waals surface area contributed by atoms with E-state index in [1.54, 1.807) is 0 Å². The summed E-state index contributed by atoms with van der Waals surface area (Å²) < 4.78 is 0. The summed E-state index contributed by atoms with van der Waals surface area (Å²) in [6.45, 7) is 9.12. The van der Waals surface area contributed by atoms with Crippen LogP contribution < -0.4 is 10.6 Å². The fraction of sp³-hybridized carbons (Fsp3) is 0.412. The molecule has 0 aliphatic carbocycles. The Morgan fingerprint density at radius 2 is 1.95 bits per heavy atom. The molecule has 1 heterocycles. The van der Waals surface area contributed by atoms with E-state index in [4.69, 9.17) is 0 Å². The number of rotatable bonds is 6. The molecule has 1 aromatic carbocycles. The van der Waals surface area contributed by atoms with E-state index in [2.05, 4.69) is 65.6 Å². The van der Waals surface area contributed by atoms with Crippen LogP contribution in [0.15, 0.2) is 30.3 Å². The third kappa shape index (κ3) is 4.74. The molecular formula is C17H24N4. The molecule has 0 spiro atoms. The molecule has 1 unspecified atom stereocenters. The van der Waals surface area contributed by atoms with Gasteiger partial charge in [0.05, 0.1) is 0 Å².